The average molecular weight is 719 g/mol. The first-order chi connectivity index (χ1) is 25.3. The van der Waals surface area contributed by atoms with Crippen LogP contribution in [0.5, 0.6) is 23.0 Å². The van der Waals surface area contributed by atoms with Crippen molar-refractivity contribution in [3.8, 4) is 40.2 Å². The number of carbonyl (C=O) groups is 1. The number of hydrogen-bond acceptors (Lipinski definition) is 9. The van der Waals surface area contributed by atoms with Crippen molar-refractivity contribution in [1.29, 1.82) is 5.26 Å². The number of aliphatic hydroxyl groups excluding tert-OH is 2. The molecule has 0 atom stereocenters. The highest BCUT2D eigenvalue weighted by molar-refractivity contribution is 6.32. The van der Waals surface area contributed by atoms with E-state index in [0.717, 1.165) is 33.4 Å². The third kappa shape index (κ3) is 8.20. The molecule has 1 amide bonds. The van der Waals surface area contributed by atoms with Crippen molar-refractivity contribution >= 4 is 17.5 Å². The van der Waals surface area contributed by atoms with Gasteiger partial charge in [0, 0.05) is 53.8 Å². The fourth-order valence-electron chi connectivity index (χ4n) is 6.14. The molecule has 266 valence electrons. The molecule has 6 rings (SSSR count). The number of pyridine rings is 1. The van der Waals surface area contributed by atoms with Crippen LogP contribution in [0.1, 0.15) is 49.3 Å². The second-order valence-corrected chi connectivity index (χ2v) is 12.9. The van der Waals surface area contributed by atoms with E-state index in [1.54, 1.807) is 24.4 Å². The molecule has 0 radical (unpaired) electrons. The summed E-state index contributed by atoms with van der Waals surface area (Å²) in [6.45, 7) is 4.83. The van der Waals surface area contributed by atoms with Crippen LogP contribution in [-0.2, 0) is 26.2 Å². The monoisotopic (exact) mass is 718 g/mol. The summed E-state index contributed by atoms with van der Waals surface area (Å²) in [5.74, 6) is 2.22. The van der Waals surface area contributed by atoms with Crippen molar-refractivity contribution < 1.29 is 29.2 Å². The smallest absolute Gasteiger partial charge is 0.251 e. The Hall–Kier alpha value is -5.44. The molecule has 1 aliphatic rings. The number of fused-ring (bicyclic) bond motifs is 1. The molecule has 10 nitrogen and oxygen atoms in total. The molecule has 0 bridgehead atoms. The molecule has 0 aliphatic carbocycles. The molecule has 11 heteroatoms. The van der Waals surface area contributed by atoms with Gasteiger partial charge in [-0.15, -0.1) is 0 Å². The van der Waals surface area contributed by atoms with Gasteiger partial charge < -0.3 is 35.1 Å². The van der Waals surface area contributed by atoms with Crippen molar-refractivity contribution in [2.45, 2.75) is 46.1 Å². The maximum Gasteiger partial charge on any atom is 0.251 e. The zero-order chi connectivity index (χ0) is 36.6. The number of amides is 1. The summed E-state index contributed by atoms with van der Waals surface area (Å²) in [6, 6.07) is 24.4. The Labute approximate surface area is 307 Å². The fraction of sp³-hybridized carbons (Fsp3) is 0.244. The van der Waals surface area contributed by atoms with Crippen LogP contribution in [0, 0.1) is 25.2 Å². The van der Waals surface area contributed by atoms with Gasteiger partial charge in [0.2, 0.25) is 0 Å². The molecule has 0 saturated carbocycles. The van der Waals surface area contributed by atoms with Crippen LogP contribution in [0.25, 0.3) is 11.1 Å². The minimum Gasteiger partial charge on any atom is -0.488 e. The highest BCUT2D eigenvalue weighted by atomic mass is 35.5. The number of benzene rings is 4. The van der Waals surface area contributed by atoms with Crippen molar-refractivity contribution in [3.63, 3.8) is 0 Å². The van der Waals surface area contributed by atoms with E-state index in [2.05, 4.69) is 40.7 Å². The lowest BCUT2D eigenvalue weighted by Crippen LogP contribution is -2.35. The van der Waals surface area contributed by atoms with Gasteiger partial charge in [0.1, 0.15) is 42.3 Å². The van der Waals surface area contributed by atoms with Gasteiger partial charge in [0.05, 0.1) is 29.8 Å². The van der Waals surface area contributed by atoms with Crippen LogP contribution >= 0.6 is 11.6 Å². The highest BCUT2D eigenvalue weighted by Gasteiger charge is 2.21. The average Bonchev–Trinajstić information content (AvgIpc) is 3.16. The van der Waals surface area contributed by atoms with Crippen LogP contribution in [0.15, 0.2) is 85.2 Å². The Kier molecular flexibility index (Phi) is 11.7. The predicted molar refractivity (Wildman–Crippen MR) is 198 cm³/mol. The summed E-state index contributed by atoms with van der Waals surface area (Å²) < 4.78 is 19.0. The van der Waals surface area contributed by atoms with Crippen molar-refractivity contribution in [2.75, 3.05) is 19.8 Å². The zero-order valence-corrected chi connectivity index (χ0v) is 29.7. The first-order valence-electron chi connectivity index (χ1n) is 16.9. The lowest BCUT2D eigenvalue weighted by Gasteiger charge is -2.21. The number of ether oxygens (including phenoxy) is 3. The molecule has 5 aromatic rings. The normalized spacial score (nSPS) is 12.2. The number of nitrogens with one attached hydrogen (secondary N) is 2. The lowest BCUT2D eigenvalue weighted by molar-refractivity contribution is 0.0945. The quantitative estimate of drug-likeness (QED) is 0.100. The third-order valence-corrected chi connectivity index (χ3v) is 9.41. The molecular weight excluding hydrogens is 680 g/mol. The molecule has 1 aliphatic heterocycles. The molecular formula is C41H39ClN4O6. The largest absolute Gasteiger partial charge is 0.488 e. The summed E-state index contributed by atoms with van der Waals surface area (Å²) in [7, 11) is 0. The van der Waals surface area contributed by atoms with E-state index in [-0.39, 0.29) is 38.9 Å². The minimum absolute atomic E-state index is 0.0843. The number of nitrogens with zero attached hydrogens (tertiary/aromatic N) is 2. The Morgan fingerprint density at radius 3 is 2.35 bits per heavy atom. The molecule has 0 spiro atoms. The minimum atomic E-state index is -0.517. The summed E-state index contributed by atoms with van der Waals surface area (Å²) in [5.41, 5.74) is 8.41. The van der Waals surface area contributed by atoms with Gasteiger partial charge in [-0.2, -0.15) is 5.26 Å². The predicted octanol–water partition coefficient (Wildman–Crippen LogP) is 6.57. The summed E-state index contributed by atoms with van der Waals surface area (Å²) >= 11 is 6.74. The first kappa shape index (κ1) is 36.4. The molecule has 1 aromatic heterocycles. The van der Waals surface area contributed by atoms with Crippen LogP contribution in [0.4, 0.5) is 0 Å². The van der Waals surface area contributed by atoms with E-state index < -0.39 is 6.04 Å². The Balaban J connectivity index is 1.23. The van der Waals surface area contributed by atoms with Gasteiger partial charge in [-0.25, -0.2) is 0 Å². The maximum atomic E-state index is 12.4. The summed E-state index contributed by atoms with van der Waals surface area (Å²) in [6.07, 6.45) is 3.82. The van der Waals surface area contributed by atoms with Gasteiger partial charge in [-0.1, -0.05) is 48.0 Å². The highest BCUT2D eigenvalue weighted by Crippen LogP contribution is 2.38. The summed E-state index contributed by atoms with van der Waals surface area (Å²) in [5, 5.41) is 34.7. The molecule has 52 heavy (non-hydrogen) atoms. The first-order valence-corrected chi connectivity index (χ1v) is 17.3. The maximum absolute atomic E-state index is 12.4. The standard InChI is InChI=1S/C41H39ClN4O6/c1-25-29(6-3-7-32(25)33-8-4-10-37(26(33)2)52-38-11-5-9-35-34(38)12-13-45-41(35)49)24-51-40-16-39(50-23-28-14-27(17-43)18-44-19-28)30(15-36(40)42)20-46-31(21-47)22-48/h3-11,14-16,18-19,31,46-48H,12-13,20-24H2,1-2H3,(H,45,49). The number of nitriles is 1. The van der Waals surface area contributed by atoms with E-state index >= 15 is 0 Å². The van der Waals surface area contributed by atoms with Gasteiger partial charge in [0.15, 0.2) is 0 Å². The van der Waals surface area contributed by atoms with Crippen LogP contribution < -0.4 is 24.8 Å². The Morgan fingerprint density at radius 1 is 0.865 bits per heavy atom. The second kappa shape index (κ2) is 16.7. The van der Waals surface area contributed by atoms with E-state index in [0.29, 0.717) is 63.2 Å². The van der Waals surface area contributed by atoms with Crippen LogP contribution in [0.3, 0.4) is 0 Å². The lowest BCUT2D eigenvalue weighted by atomic mass is 9.93. The van der Waals surface area contributed by atoms with Gasteiger partial charge in [-0.3, -0.25) is 9.78 Å². The second-order valence-electron chi connectivity index (χ2n) is 12.5. The number of aromatic nitrogens is 1. The zero-order valence-electron chi connectivity index (χ0n) is 28.9. The van der Waals surface area contributed by atoms with E-state index in [9.17, 15) is 20.3 Å². The molecule has 0 unspecified atom stereocenters. The number of aliphatic hydroxyl groups is 2. The van der Waals surface area contributed by atoms with Crippen LogP contribution in [-0.4, -0.2) is 46.9 Å². The molecule has 4 aromatic carbocycles. The van der Waals surface area contributed by atoms with Gasteiger partial charge >= 0.3 is 0 Å². The number of halogens is 1. The topological polar surface area (TPSA) is 146 Å². The van der Waals surface area contributed by atoms with E-state index in [1.807, 2.05) is 49.4 Å². The van der Waals surface area contributed by atoms with Crippen molar-refractivity contribution in [3.05, 3.63) is 135 Å². The number of hydrogen-bond donors (Lipinski definition) is 4. The molecule has 0 fully saturated rings. The number of rotatable bonds is 14. The molecule has 2 heterocycles. The van der Waals surface area contributed by atoms with Gasteiger partial charge in [-0.05, 0) is 78.4 Å². The van der Waals surface area contributed by atoms with Crippen molar-refractivity contribution in [1.82, 2.24) is 15.6 Å². The van der Waals surface area contributed by atoms with Gasteiger partial charge in [0.25, 0.3) is 5.91 Å². The molecule has 4 N–H and O–H groups in total. The fourth-order valence-corrected chi connectivity index (χ4v) is 6.38. The van der Waals surface area contributed by atoms with Crippen molar-refractivity contribution in [2.24, 2.45) is 0 Å². The Bertz CT molecular complexity index is 2130. The van der Waals surface area contributed by atoms with Crippen LogP contribution in [0.2, 0.25) is 5.02 Å². The molecule has 0 saturated heterocycles. The third-order valence-electron chi connectivity index (χ3n) is 9.12. The SMILES string of the molecule is Cc1c(COc2cc(OCc3cncc(C#N)c3)c(CNC(CO)CO)cc2Cl)cccc1-c1cccc(Oc2cccc3c2CCNC3=O)c1C. The van der Waals surface area contributed by atoms with E-state index in [1.165, 1.54) is 6.20 Å². The summed E-state index contributed by atoms with van der Waals surface area (Å²) in [4.78, 5) is 16.5. The van der Waals surface area contributed by atoms with E-state index in [4.69, 9.17) is 25.8 Å². The Morgan fingerprint density at radius 2 is 1.58 bits per heavy atom. The number of carbonyl (C=O) groups excluding carboxylic acids is 1.